The van der Waals surface area contributed by atoms with Crippen molar-refractivity contribution in [1.29, 1.82) is 5.41 Å². The maximum absolute atomic E-state index is 13.3. The molecule has 0 saturated carbocycles. The number of fused-ring (bicyclic) bond motifs is 1. The highest BCUT2D eigenvalue weighted by molar-refractivity contribution is 5.99. The summed E-state index contributed by atoms with van der Waals surface area (Å²) in [6.45, 7) is 13.8. The van der Waals surface area contributed by atoms with Crippen LogP contribution in [-0.2, 0) is 23.9 Å². The van der Waals surface area contributed by atoms with Crippen molar-refractivity contribution >= 4 is 64.7 Å². The van der Waals surface area contributed by atoms with Gasteiger partial charge in [0.2, 0.25) is 23.6 Å². The van der Waals surface area contributed by atoms with E-state index in [4.69, 9.17) is 20.3 Å². The Bertz CT molecular complexity index is 1600. The second-order valence-electron chi connectivity index (χ2n) is 13.8. The van der Waals surface area contributed by atoms with Crippen LogP contribution in [0.3, 0.4) is 0 Å². The number of benzene rings is 1. The molecule has 3 atom stereocenters. The molecule has 0 unspecified atom stereocenters. The van der Waals surface area contributed by atoms with E-state index < -0.39 is 65.6 Å². The summed E-state index contributed by atoms with van der Waals surface area (Å²) in [4.78, 5) is 77.1. The van der Waals surface area contributed by atoms with Gasteiger partial charge in [-0.1, -0.05) is 27.7 Å². The van der Waals surface area contributed by atoms with Gasteiger partial charge in [0.05, 0.1) is 6.54 Å². The van der Waals surface area contributed by atoms with Gasteiger partial charge in [0, 0.05) is 29.8 Å². The van der Waals surface area contributed by atoms with Crippen molar-refractivity contribution in [3.63, 3.8) is 0 Å². The van der Waals surface area contributed by atoms with Gasteiger partial charge in [0.15, 0.2) is 5.96 Å². The summed E-state index contributed by atoms with van der Waals surface area (Å²) >= 11 is 0. The maximum atomic E-state index is 13.3. The Morgan fingerprint density at radius 3 is 2.18 bits per heavy atom. The van der Waals surface area contributed by atoms with E-state index in [1.54, 1.807) is 53.7 Å². The number of alkyl carbamates (subject to hydrolysis) is 1. The van der Waals surface area contributed by atoms with Crippen molar-refractivity contribution in [2.24, 2.45) is 17.6 Å². The minimum absolute atomic E-state index is 0. The molecule has 17 heteroatoms. The minimum Gasteiger partial charge on any atom is -0.444 e. The molecule has 1 heterocycles. The molecule has 2 rings (SSSR count). The van der Waals surface area contributed by atoms with E-state index >= 15 is 0 Å². The highest BCUT2D eigenvalue weighted by Gasteiger charge is 2.31. The first-order chi connectivity index (χ1) is 23.2. The maximum Gasteiger partial charge on any atom is 0.408 e. The summed E-state index contributed by atoms with van der Waals surface area (Å²) < 4.78 is 10.5. The first kappa shape index (κ1) is 44.2. The van der Waals surface area contributed by atoms with Crippen LogP contribution < -0.4 is 43.3 Å². The number of guanidine groups is 1. The summed E-state index contributed by atoms with van der Waals surface area (Å²) in [7, 11) is 0. The fourth-order valence-electron chi connectivity index (χ4n) is 4.90. The van der Waals surface area contributed by atoms with Crippen LogP contribution >= 0.6 is 12.4 Å². The van der Waals surface area contributed by atoms with Crippen LogP contribution in [0.5, 0.6) is 0 Å². The third-order valence-electron chi connectivity index (χ3n) is 7.24. The number of carbonyl (C=O) groups excluding carboxylic acids is 5. The van der Waals surface area contributed by atoms with Crippen molar-refractivity contribution in [1.82, 2.24) is 26.6 Å². The average molecular weight is 737 g/mol. The van der Waals surface area contributed by atoms with Crippen LogP contribution in [0.4, 0.5) is 10.5 Å². The molecule has 0 saturated heterocycles. The molecule has 284 valence electrons. The highest BCUT2D eigenvalue weighted by Crippen LogP contribution is 2.21. The van der Waals surface area contributed by atoms with Crippen molar-refractivity contribution in [3.8, 4) is 0 Å². The number of ether oxygens (including phenoxy) is 1. The van der Waals surface area contributed by atoms with Gasteiger partial charge in [-0.3, -0.25) is 24.6 Å². The zero-order valence-electron chi connectivity index (χ0n) is 30.5. The van der Waals surface area contributed by atoms with Crippen molar-refractivity contribution < 1.29 is 33.1 Å². The number of nitrogens with one attached hydrogen (secondary N) is 7. The molecule has 0 aliphatic rings. The lowest BCUT2D eigenvalue weighted by atomic mass is 10.00. The van der Waals surface area contributed by atoms with Crippen LogP contribution in [0.1, 0.15) is 73.3 Å². The SMILES string of the molecule is Cc1cc(=O)oc2cc(NC(=O)[C@H](CCCNC(=N)N)NC(=O)CNC(=O)[C@H](CC(C)C)NC(=O)[C@@H](NC(=O)OC(C)(C)C)C(C)C)ccc12.Cl. The molecule has 0 aliphatic heterocycles. The van der Waals surface area contributed by atoms with Crippen molar-refractivity contribution in [3.05, 3.63) is 40.2 Å². The lowest BCUT2D eigenvalue weighted by molar-refractivity contribution is -0.132. The van der Waals surface area contributed by atoms with Gasteiger partial charge in [0.1, 0.15) is 29.3 Å². The van der Waals surface area contributed by atoms with Crippen molar-refractivity contribution in [2.75, 3.05) is 18.4 Å². The topological polar surface area (TPSA) is 247 Å². The van der Waals surface area contributed by atoms with Gasteiger partial charge < -0.3 is 46.8 Å². The Balaban J connectivity index is 0.0000130. The van der Waals surface area contributed by atoms with E-state index in [1.807, 2.05) is 13.8 Å². The second kappa shape index (κ2) is 20.1. The first-order valence-corrected chi connectivity index (χ1v) is 16.6. The number of halogens is 1. The summed E-state index contributed by atoms with van der Waals surface area (Å²) in [5.41, 5.74) is 5.37. The smallest absolute Gasteiger partial charge is 0.408 e. The first-order valence-electron chi connectivity index (χ1n) is 16.6. The van der Waals surface area contributed by atoms with E-state index in [0.29, 0.717) is 23.1 Å². The van der Waals surface area contributed by atoms with Gasteiger partial charge >= 0.3 is 11.7 Å². The number of hydrogen-bond donors (Lipinski definition) is 8. The molecule has 5 amide bonds. The minimum atomic E-state index is -1.05. The van der Waals surface area contributed by atoms with Crippen LogP contribution in [0.15, 0.2) is 33.5 Å². The zero-order chi connectivity index (χ0) is 37.8. The van der Waals surface area contributed by atoms with Gasteiger partial charge in [0.25, 0.3) is 0 Å². The second-order valence-corrected chi connectivity index (χ2v) is 13.8. The van der Waals surface area contributed by atoms with E-state index in [-0.39, 0.29) is 55.2 Å². The number of anilines is 1. The standard InChI is InChI=1S/C34H52N8O8.ClH/c1-18(2)14-24(41-31(47)28(19(3)4)42-33(48)50-34(6,7)8)29(45)38-17-26(43)40-23(10-9-13-37-32(35)36)30(46)39-21-11-12-22-20(5)15-27(44)49-25(22)16-21;/h11-12,15-16,18-19,23-24,28H,9-10,13-14,17H2,1-8H3,(H,38,45)(H,39,46)(H,40,43)(H,41,47)(H,42,48)(H4,35,36,37);1H/t23-,24-,28-;/m0./s1. The summed E-state index contributed by atoms with van der Waals surface area (Å²) in [6.07, 6.45) is -0.0186. The van der Waals surface area contributed by atoms with Crippen LogP contribution in [0.2, 0.25) is 0 Å². The molecule has 0 bridgehead atoms. The molecule has 2 aromatic rings. The molecule has 1 aromatic heterocycles. The molecule has 0 fully saturated rings. The van der Waals surface area contributed by atoms with Crippen LogP contribution in [-0.4, -0.2) is 72.5 Å². The van der Waals surface area contributed by atoms with E-state index in [2.05, 4.69) is 31.9 Å². The van der Waals surface area contributed by atoms with Gasteiger partial charge in [-0.05, 0) is 76.5 Å². The zero-order valence-corrected chi connectivity index (χ0v) is 31.3. The molecule has 16 nitrogen and oxygen atoms in total. The Hall–Kier alpha value is -4.86. The van der Waals surface area contributed by atoms with E-state index in [9.17, 15) is 28.8 Å². The Morgan fingerprint density at radius 1 is 0.922 bits per heavy atom. The fourth-order valence-corrected chi connectivity index (χ4v) is 4.90. The number of aryl methyl sites for hydroxylation is 1. The Morgan fingerprint density at radius 2 is 1.59 bits per heavy atom. The number of nitrogens with two attached hydrogens (primary N) is 1. The molecule has 51 heavy (non-hydrogen) atoms. The number of hydrogen-bond acceptors (Lipinski definition) is 9. The van der Waals surface area contributed by atoms with E-state index in [0.717, 1.165) is 0 Å². The van der Waals surface area contributed by atoms with Gasteiger partial charge in [-0.15, -0.1) is 12.4 Å². The number of amides is 5. The lowest BCUT2D eigenvalue weighted by Crippen LogP contribution is -2.57. The molecule has 0 radical (unpaired) electrons. The fraction of sp³-hybridized carbons (Fsp3) is 0.559. The van der Waals surface area contributed by atoms with Crippen molar-refractivity contribution in [2.45, 2.75) is 98.4 Å². The van der Waals surface area contributed by atoms with Crippen LogP contribution in [0.25, 0.3) is 11.0 Å². The van der Waals surface area contributed by atoms with Gasteiger partial charge in [-0.2, -0.15) is 0 Å². The van der Waals surface area contributed by atoms with E-state index in [1.165, 1.54) is 12.1 Å². The van der Waals surface area contributed by atoms with Crippen LogP contribution in [0, 0.1) is 24.2 Å². The third-order valence-corrected chi connectivity index (χ3v) is 7.24. The molecular weight excluding hydrogens is 684 g/mol. The quantitative estimate of drug-likeness (QED) is 0.0541. The predicted octanol–water partition coefficient (Wildman–Crippen LogP) is 2.41. The summed E-state index contributed by atoms with van der Waals surface area (Å²) in [6, 6.07) is 3.15. The molecule has 9 N–H and O–H groups in total. The third kappa shape index (κ3) is 15.7. The predicted molar refractivity (Wildman–Crippen MR) is 197 cm³/mol. The monoisotopic (exact) mass is 736 g/mol. The Labute approximate surface area is 304 Å². The molecule has 0 aliphatic carbocycles. The lowest BCUT2D eigenvalue weighted by Gasteiger charge is -2.27. The molecule has 0 spiro atoms. The Kier molecular flexibility index (Phi) is 17.4. The average Bonchev–Trinajstić information content (AvgIpc) is 2.98. The summed E-state index contributed by atoms with van der Waals surface area (Å²) in [5.74, 6) is -3.03. The molecular formula is C34H53ClN8O8. The highest BCUT2D eigenvalue weighted by atomic mass is 35.5. The van der Waals surface area contributed by atoms with Gasteiger partial charge in [-0.25, -0.2) is 9.59 Å². The molecule has 1 aromatic carbocycles. The largest absolute Gasteiger partial charge is 0.444 e. The summed E-state index contributed by atoms with van der Waals surface area (Å²) in [5, 5.41) is 23.8. The normalized spacial score (nSPS) is 12.9. The number of rotatable bonds is 16. The number of carbonyl (C=O) groups is 5.